The number of ether oxygens (including phenoxy) is 1. The van der Waals surface area contributed by atoms with Crippen LogP contribution in [-0.4, -0.2) is 36.6 Å². The van der Waals surface area contributed by atoms with E-state index in [1.165, 1.54) is 6.20 Å². The molecule has 1 saturated heterocycles. The van der Waals surface area contributed by atoms with Crippen LogP contribution >= 0.6 is 0 Å². The number of pyridine rings is 1. The van der Waals surface area contributed by atoms with Crippen molar-refractivity contribution in [2.45, 2.75) is 25.9 Å². The average Bonchev–Trinajstić information content (AvgIpc) is 2.47. The van der Waals surface area contributed by atoms with E-state index in [2.05, 4.69) is 15.6 Å². The summed E-state index contributed by atoms with van der Waals surface area (Å²) in [5, 5.41) is 5.28. The van der Waals surface area contributed by atoms with Gasteiger partial charge in [0.25, 0.3) is 5.91 Å². The van der Waals surface area contributed by atoms with Crippen molar-refractivity contribution in [3.63, 3.8) is 0 Å². The number of anilines is 1. The number of rotatable bonds is 3. The van der Waals surface area contributed by atoms with Crippen LogP contribution in [0.5, 0.6) is 0 Å². The number of amides is 2. The second-order valence-electron chi connectivity index (χ2n) is 4.83. The molecule has 108 valence electrons. The molecule has 6 nitrogen and oxygen atoms in total. The molecule has 0 aliphatic carbocycles. The third kappa shape index (κ3) is 3.33. The largest absolute Gasteiger partial charge is 0.378 e. The molecule has 0 spiro atoms. The van der Waals surface area contributed by atoms with E-state index in [0.717, 1.165) is 12.8 Å². The minimum atomic E-state index is -0.204. The van der Waals surface area contributed by atoms with Crippen molar-refractivity contribution < 1.29 is 14.3 Å². The summed E-state index contributed by atoms with van der Waals surface area (Å²) in [6.07, 6.45) is 3.08. The molecule has 0 saturated carbocycles. The summed E-state index contributed by atoms with van der Waals surface area (Å²) in [6, 6.07) is 3.25. The Hall–Kier alpha value is -1.95. The summed E-state index contributed by atoms with van der Waals surface area (Å²) in [7, 11) is 1.56. The molecule has 1 fully saturated rings. The molecule has 1 aromatic heterocycles. The van der Waals surface area contributed by atoms with E-state index in [0.29, 0.717) is 18.0 Å². The highest BCUT2D eigenvalue weighted by Crippen LogP contribution is 2.21. The number of aromatic nitrogens is 1. The fourth-order valence-electron chi connectivity index (χ4n) is 2.23. The highest BCUT2D eigenvalue weighted by Gasteiger charge is 2.28. The van der Waals surface area contributed by atoms with Crippen LogP contribution < -0.4 is 10.6 Å². The van der Waals surface area contributed by atoms with Crippen molar-refractivity contribution in [2.24, 2.45) is 5.92 Å². The Balaban J connectivity index is 1.99. The number of hydrogen-bond acceptors (Lipinski definition) is 4. The third-order valence-corrected chi connectivity index (χ3v) is 3.45. The Morgan fingerprint density at radius 2 is 2.20 bits per heavy atom. The molecule has 1 aliphatic rings. The van der Waals surface area contributed by atoms with Crippen LogP contribution in [0, 0.1) is 5.92 Å². The zero-order chi connectivity index (χ0) is 14.5. The molecule has 0 bridgehead atoms. The van der Waals surface area contributed by atoms with Crippen LogP contribution in [-0.2, 0) is 9.53 Å². The highest BCUT2D eigenvalue weighted by molar-refractivity contribution is 5.95. The minimum absolute atomic E-state index is 0.0751. The first-order chi connectivity index (χ1) is 9.61. The lowest BCUT2D eigenvalue weighted by Gasteiger charge is -2.27. The molecular weight excluding hydrogens is 258 g/mol. The Bertz CT molecular complexity index is 487. The lowest BCUT2D eigenvalue weighted by molar-refractivity contribution is -0.127. The second kappa shape index (κ2) is 6.47. The molecule has 2 N–H and O–H groups in total. The summed E-state index contributed by atoms with van der Waals surface area (Å²) >= 11 is 0. The van der Waals surface area contributed by atoms with Crippen LogP contribution in [0.15, 0.2) is 18.3 Å². The summed E-state index contributed by atoms with van der Waals surface area (Å²) in [6.45, 7) is 2.62. The van der Waals surface area contributed by atoms with Gasteiger partial charge < -0.3 is 15.4 Å². The molecule has 2 unspecified atom stereocenters. The van der Waals surface area contributed by atoms with E-state index in [4.69, 9.17) is 4.74 Å². The van der Waals surface area contributed by atoms with Gasteiger partial charge in [0, 0.05) is 19.9 Å². The van der Waals surface area contributed by atoms with E-state index >= 15 is 0 Å². The molecule has 0 radical (unpaired) electrons. The number of carbonyl (C=O) groups excluding carboxylic acids is 2. The molecule has 2 heterocycles. The van der Waals surface area contributed by atoms with Crippen molar-refractivity contribution in [2.75, 3.05) is 19.0 Å². The molecule has 1 aromatic rings. The van der Waals surface area contributed by atoms with Gasteiger partial charge in [0.1, 0.15) is 5.82 Å². The van der Waals surface area contributed by atoms with Gasteiger partial charge in [0.05, 0.1) is 17.6 Å². The quantitative estimate of drug-likeness (QED) is 0.870. The molecular formula is C14H19N3O3. The van der Waals surface area contributed by atoms with Crippen molar-refractivity contribution >= 4 is 17.6 Å². The molecule has 1 aliphatic heterocycles. The monoisotopic (exact) mass is 277 g/mol. The summed E-state index contributed by atoms with van der Waals surface area (Å²) in [5.74, 6) is 0.00617. The first-order valence-corrected chi connectivity index (χ1v) is 6.72. The van der Waals surface area contributed by atoms with E-state index in [1.807, 2.05) is 6.92 Å². The second-order valence-corrected chi connectivity index (χ2v) is 4.83. The molecule has 2 rings (SSSR count). The van der Waals surface area contributed by atoms with Gasteiger partial charge in [-0.3, -0.25) is 9.59 Å². The van der Waals surface area contributed by atoms with Gasteiger partial charge in [-0.2, -0.15) is 0 Å². The molecule has 6 heteroatoms. The fraction of sp³-hybridized carbons (Fsp3) is 0.500. The van der Waals surface area contributed by atoms with E-state index in [9.17, 15) is 9.59 Å². The summed E-state index contributed by atoms with van der Waals surface area (Å²) in [5.41, 5.74) is 0.458. The van der Waals surface area contributed by atoms with Gasteiger partial charge in [-0.15, -0.1) is 0 Å². The molecule has 2 amide bonds. The van der Waals surface area contributed by atoms with Gasteiger partial charge in [0.15, 0.2) is 0 Å². The third-order valence-electron chi connectivity index (χ3n) is 3.45. The van der Waals surface area contributed by atoms with E-state index in [-0.39, 0.29) is 23.8 Å². The van der Waals surface area contributed by atoms with E-state index < -0.39 is 0 Å². The lowest BCUT2D eigenvalue weighted by atomic mass is 9.94. The smallest absolute Gasteiger partial charge is 0.252 e. The predicted molar refractivity (Wildman–Crippen MR) is 74.4 cm³/mol. The predicted octanol–water partition coefficient (Wildman–Crippen LogP) is 1.19. The number of carbonyl (C=O) groups is 2. The normalized spacial score (nSPS) is 22.1. The van der Waals surface area contributed by atoms with Gasteiger partial charge in [-0.25, -0.2) is 4.98 Å². The van der Waals surface area contributed by atoms with Gasteiger partial charge >= 0.3 is 0 Å². The maximum atomic E-state index is 12.1. The highest BCUT2D eigenvalue weighted by atomic mass is 16.5. The topological polar surface area (TPSA) is 80.3 Å². The molecule has 2 atom stereocenters. The van der Waals surface area contributed by atoms with Crippen LogP contribution in [0.3, 0.4) is 0 Å². The number of hydrogen-bond donors (Lipinski definition) is 2. The Kier molecular flexibility index (Phi) is 4.68. The molecule has 0 aromatic carbocycles. The van der Waals surface area contributed by atoms with Crippen molar-refractivity contribution in [1.29, 1.82) is 0 Å². The van der Waals surface area contributed by atoms with Crippen molar-refractivity contribution in [3.05, 3.63) is 23.9 Å². The summed E-state index contributed by atoms with van der Waals surface area (Å²) < 4.78 is 5.48. The van der Waals surface area contributed by atoms with Crippen molar-refractivity contribution in [3.8, 4) is 0 Å². The molecule has 20 heavy (non-hydrogen) atoms. The van der Waals surface area contributed by atoms with Gasteiger partial charge in [-0.1, -0.05) is 0 Å². The summed E-state index contributed by atoms with van der Waals surface area (Å²) in [4.78, 5) is 27.6. The number of nitrogens with zero attached hydrogens (tertiary/aromatic N) is 1. The maximum absolute atomic E-state index is 12.1. The Labute approximate surface area is 117 Å². The first kappa shape index (κ1) is 14.5. The average molecular weight is 277 g/mol. The lowest BCUT2D eigenvalue weighted by Crippen LogP contribution is -2.36. The zero-order valence-electron chi connectivity index (χ0n) is 11.7. The fourth-order valence-corrected chi connectivity index (χ4v) is 2.23. The van der Waals surface area contributed by atoms with E-state index in [1.54, 1.807) is 19.2 Å². The van der Waals surface area contributed by atoms with Gasteiger partial charge in [-0.05, 0) is 31.9 Å². The van der Waals surface area contributed by atoms with Crippen LogP contribution in [0.2, 0.25) is 0 Å². The van der Waals surface area contributed by atoms with Gasteiger partial charge in [0.2, 0.25) is 5.91 Å². The Morgan fingerprint density at radius 3 is 2.80 bits per heavy atom. The van der Waals surface area contributed by atoms with Crippen molar-refractivity contribution in [1.82, 2.24) is 10.3 Å². The minimum Gasteiger partial charge on any atom is -0.378 e. The maximum Gasteiger partial charge on any atom is 0.252 e. The van der Waals surface area contributed by atoms with Crippen LogP contribution in [0.1, 0.15) is 30.1 Å². The number of nitrogens with one attached hydrogen (secondary N) is 2. The van der Waals surface area contributed by atoms with Crippen LogP contribution in [0.4, 0.5) is 5.82 Å². The Morgan fingerprint density at radius 1 is 1.40 bits per heavy atom. The van der Waals surface area contributed by atoms with Crippen LogP contribution in [0.25, 0.3) is 0 Å². The zero-order valence-corrected chi connectivity index (χ0v) is 11.7. The standard InChI is InChI=1S/C14H19N3O3/c1-9-11(4-3-7-20-9)14(19)17-12-6-5-10(8-16-12)13(18)15-2/h5-6,8-9,11H,3-4,7H2,1-2H3,(H,15,18)(H,16,17,19). The first-order valence-electron chi connectivity index (χ1n) is 6.72. The SMILES string of the molecule is CNC(=O)c1ccc(NC(=O)C2CCCOC2C)nc1.